The zero-order valence-corrected chi connectivity index (χ0v) is 16.9. The third-order valence-corrected chi connectivity index (χ3v) is 3.97. The summed E-state index contributed by atoms with van der Waals surface area (Å²) in [5.74, 6) is 1.21. The standard InChI is InChI=1S/C22H24O7/c1-5-28-17-9-6-15(7-10-17)18(23)14-29-22(24)11-8-16-12-20(26-3)21(27-4)13-19(16)25-2/h6-13H,5,14H2,1-4H3/b11-8+. The van der Waals surface area contributed by atoms with Crippen LogP contribution in [0.15, 0.2) is 42.5 Å². The Bertz CT molecular complexity index is 869. The topological polar surface area (TPSA) is 80.3 Å². The SMILES string of the molecule is CCOc1ccc(C(=O)COC(=O)/C=C/c2cc(OC)c(OC)cc2OC)cc1. The molecule has 0 atom stereocenters. The van der Waals surface area contributed by atoms with Gasteiger partial charge in [0, 0.05) is 23.3 Å². The predicted octanol–water partition coefficient (Wildman–Crippen LogP) is 3.55. The lowest BCUT2D eigenvalue weighted by Gasteiger charge is -2.12. The van der Waals surface area contributed by atoms with Gasteiger partial charge in [-0.05, 0) is 43.3 Å². The number of carbonyl (C=O) groups is 2. The molecule has 0 N–H and O–H groups in total. The maximum absolute atomic E-state index is 12.2. The minimum Gasteiger partial charge on any atom is -0.496 e. The number of carbonyl (C=O) groups excluding carboxylic acids is 2. The minimum atomic E-state index is -0.652. The van der Waals surface area contributed by atoms with Gasteiger partial charge < -0.3 is 23.7 Å². The maximum Gasteiger partial charge on any atom is 0.331 e. The van der Waals surface area contributed by atoms with E-state index < -0.39 is 5.97 Å². The van der Waals surface area contributed by atoms with Crippen LogP contribution in [0.2, 0.25) is 0 Å². The Balaban J connectivity index is 1.99. The average Bonchev–Trinajstić information content (AvgIpc) is 2.75. The quantitative estimate of drug-likeness (QED) is 0.343. The number of benzene rings is 2. The molecule has 0 aliphatic rings. The number of hydrogen-bond donors (Lipinski definition) is 0. The van der Waals surface area contributed by atoms with Gasteiger partial charge in [-0.25, -0.2) is 4.79 Å². The molecule has 0 saturated carbocycles. The number of ketones is 1. The van der Waals surface area contributed by atoms with Crippen LogP contribution in [0.5, 0.6) is 23.0 Å². The van der Waals surface area contributed by atoms with Crippen molar-refractivity contribution in [3.8, 4) is 23.0 Å². The molecule has 0 amide bonds. The average molecular weight is 400 g/mol. The molecule has 0 aromatic heterocycles. The van der Waals surface area contributed by atoms with Crippen molar-refractivity contribution in [2.75, 3.05) is 34.5 Å². The molecule has 0 fully saturated rings. The number of Topliss-reactive ketones (excluding diaryl/α,β-unsaturated/α-hetero) is 1. The summed E-state index contributed by atoms with van der Waals surface area (Å²) in [6.45, 7) is 2.06. The maximum atomic E-state index is 12.2. The fourth-order valence-electron chi connectivity index (χ4n) is 2.51. The monoisotopic (exact) mass is 400 g/mol. The Morgan fingerprint density at radius 3 is 2.10 bits per heavy atom. The lowest BCUT2D eigenvalue weighted by Crippen LogP contribution is -2.12. The third-order valence-electron chi connectivity index (χ3n) is 3.97. The predicted molar refractivity (Wildman–Crippen MR) is 108 cm³/mol. The number of hydrogen-bond acceptors (Lipinski definition) is 7. The normalized spacial score (nSPS) is 10.5. The number of ether oxygens (including phenoxy) is 5. The molecule has 0 aliphatic heterocycles. The van der Waals surface area contributed by atoms with Gasteiger partial charge in [0.15, 0.2) is 23.9 Å². The van der Waals surface area contributed by atoms with E-state index in [1.165, 1.54) is 33.5 Å². The highest BCUT2D eigenvalue weighted by atomic mass is 16.5. The first-order valence-corrected chi connectivity index (χ1v) is 8.93. The summed E-state index contributed by atoms with van der Waals surface area (Å²) >= 11 is 0. The lowest BCUT2D eigenvalue weighted by molar-refractivity contribution is -0.136. The fraction of sp³-hybridized carbons (Fsp3) is 0.273. The molecule has 0 saturated heterocycles. The largest absolute Gasteiger partial charge is 0.496 e. The van der Waals surface area contributed by atoms with Gasteiger partial charge in [0.25, 0.3) is 0 Å². The number of rotatable bonds is 10. The second kappa shape index (κ2) is 10.8. The summed E-state index contributed by atoms with van der Waals surface area (Å²) in [5.41, 5.74) is 1.03. The van der Waals surface area contributed by atoms with Crippen LogP contribution in [-0.2, 0) is 9.53 Å². The zero-order chi connectivity index (χ0) is 21.2. The van der Waals surface area contributed by atoms with Crippen molar-refractivity contribution >= 4 is 17.8 Å². The van der Waals surface area contributed by atoms with Crippen LogP contribution in [0.3, 0.4) is 0 Å². The summed E-state index contributed by atoms with van der Waals surface area (Å²) < 4.78 is 26.1. The first kappa shape index (κ1) is 21.8. The molecule has 7 heteroatoms. The van der Waals surface area contributed by atoms with Crippen molar-refractivity contribution in [3.05, 3.63) is 53.6 Å². The van der Waals surface area contributed by atoms with E-state index in [0.717, 1.165) is 0 Å². The highest BCUT2D eigenvalue weighted by Crippen LogP contribution is 2.35. The van der Waals surface area contributed by atoms with Crippen LogP contribution in [0.1, 0.15) is 22.8 Å². The second-order valence-corrected chi connectivity index (χ2v) is 5.77. The Kier molecular flexibility index (Phi) is 8.09. The molecule has 154 valence electrons. The molecule has 2 rings (SSSR count). The summed E-state index contributed by atoms with van der Waals surface area (Å²) in [4.78, 5) is 24.1. The second-order valence-electron chi connectivity index (χ2n) is 5.77. The summed E-state index contributed by atoms with van der Waals surface area (Å²) in [6.07, 6.45) is 2.74. The Morgan fingerprint density at radius 1 is 0.897 bits per heavy atom. The van der Waals surface area contributed by atoms with Gasteiger partial charge in [-0.3, -0.25) is 4.79 Å². The van der Waals surface area contributed by atoms with E-state index in [9.17, 15) is 9.59 Å². The molecule has 0 spiro atoms. The van der Waals surface area contributed by atoms with E-state index in [-0.39, 0.29) is 12.4 Å². The van der Waals surface area contributed by atoms with E-state index in [2.05, 4.69) is 0 Å². The number of esters is 1. The van der Waals surface area contributed by atoms with Crippen LogP contribution in [0, 0.1) is 0 Å². The molecular weight excluding hydrogens is 376 g/mol. The molecule has 0 unspecified atom stereocenters. The molecule has 7 nitrogen and oxygen atoms in total. The lowest BCUT2D eigenvalue weighted by atomic mass is 10.1. The molecule has 2 aromatic carbocycles. The van der Waals surface area contributed by atoms with Gasteiger partial charge in [0.1, 0.15) is 11.5 Å². The highest BCUT2D eigenvalue weighted by Gasteiger charge is 2.12. The van der Waals surface area contributed by atoms with E-state index in [1.54, 1.807) is 36.4 Å². The zero-order valence-electron chi connectivity index (χ0n) is 16.9. The summed E-state index contributed by atoms with van der Waals surface area (Å²) in [6, 6.07) is 9.98. The molecule has 29 heavy (non-hydrogen) atoms. The Labute approximate surface area is 169 Å². The molecule has 0 aliphatic carbocycles. The molecule has 0 heterocycles. The first-order valence-electron chi connectivity index (χ1n) is 8.93. The van der Waals surface area contributed by atoms with Crippen LogP contribution in [-0.4, -0.2) is 46.3 Å². The van der Waals surface area contributed by atoms with E-state index in [0.29, 0.717) is 40.7 Å². The third kappa shape index (κ3) is 6.00. The molecule has 0 radical (unpaired) electrons. The van der Waals surface area contributed by atoms with Crippen molar-refractivity contribution in [1.82, 2.24) is 0 Å². The first-order chi connectivity index (χ1) is 14.0. The van der Waals surface area contributed by atoms with E-state index >= 15 is 0 Å². The summed E-state index contributed by atoms with van der Waals surface area (Å²) in [5, 5.41) is 0. The van der Waals surface area contributed by atoms with Crippen molar-refractivity contribution < 1.29 is 33.3 Å². The highest BCUT2D eigenvalue weighted by molar-refractivity contribution is 5.99. The van der Waals surface area contributed by atoms with Crippen LogP contribution < -0.4 is 18.9 Å². The van der Waals surface area contributed by atoms with Gasteiger partial charge in [-0.15, -0.1) is 0 Å². The summed E-state index contributed by atoms with van der Waals surface area (Å²) in [7, 11) is 4.54. The van der Waals surface area contributed by atoms with Gasteiger partial charge in [0.2, 0.25) is 0 Å². The smallest absolute Gasteiger partial charge is 0.331 e. The van der Waals surface area contributed by atoms with Crippen molar-refractivity contribution in [2.45, 2.75) is 6.92 Å². The van der Waals surface area contributed by atoms with E-state index in [4.69, 9.17) is 23.7 Å². The van der Waals surface area contributed by atoms with Crippen LogP contribution in [0.25, 0.3) is 6.08 Å². The Morgan fingerprint density at radius 2 is 1.52 bits per heavy atom. The molecular formula is C22H24O7. The number of methoxy groups -OCH3 is 3. The van der Waals surface area contributed by atoms with Gasteiger partial charge >= 0.3 is 5.97 Å². The van der Waals surface area contributed by atoms with Crippen LogP contribution in [0.4, 0.5) is 0 Å². The molecule has 0 bridgehead atoms. The van der Waals surface area contributed by atoms with Crippen molar-refractivity contribution in [1.29, 1.82) is 0 Å². The minimum absolute atomic E-state index is 0.307. The van der Waals surface area contributed by atoms with E-state index in [1.807, 2.05) is 6.92 Å². The molecule has 2 aromatic rings. The van der Waals surface area contributed by atoms with Gasteiger partial charge in [-0.2, -0.15) is 0 Å². The van der Waals surface area contributed by atoms with Crippen molar-refractivity contribution in [2.24, 2.45) is 0 Å². The van der Waals surface area contributed by atoms with Gasteiger partial charge in [-0.1, -0.05) is 0 Å². The fourth-order valence-corrected chi connectivity index (χ4v) is 2.51. The van der Waals surface area contributed by atoms with Crippen molar-refractivity contribution in [3.63, 3.8) is 0 Å². The van der Waals surface area contributed by atoms with Gasteiger partial charge in [0.05, 0.1) is 27.9 Å². The Hall–Kier alpha value is -3.48. The van der Waals surface area contributed by atoms with Crippen LogP contribution >= 0.6 is 0 Å².